The summed E-state index contributed by atoms with van der Waals surface area (Å²) in [4.78, 5) is 9.82. The van der Waals surface area contributed by atoms with Crippen molar-refractivity contribution in [2.45, 2.75) is 25.8 Å². The molecule has 0 aliphatic carbocycles. The Morgan fingerprint density at radius 3 is 2.59 bits per heavy atom. The molecule has 5 heteroatoms. The van der Waals surface area contributed by atoms with Crippen LogP contribution in [0.25, 0.3) is 10.7 Å². The zero-order valence-corrected chi connectivity index (χ0v) is 12.0. The third kappa shape index (κ3) is 3.34. The van der Waals surface area contributed by atoms with Crippen molar-refractivity contribution in [3.05, 3.63) is 33.9 Å². The van der Waals surface area contributed by atoms with Crippen molar-refractivity contribution in [1.82, 2.24) is 9.97 Å². The Morgan fingerprint density at radius 2 is 2.06 bits per heavy atom. The SMILES string of the molecule is CCC(N)Cc1cnc(-c2ccc(Br)s2)nc1. The lowest BCUT2D eigenvalue weighted by atomic mass is 10.1. The van der Waals surface area contributed by atoms with Crippen molar-refractivity contribution >= 4 is 27.3 Å². The minimum atomic E-state index is 0.195. The number of nitrogens with zero attached hydrogens (tertiary/aromatic N) is 2. The average Bonchev–Trinajstić information content (AvgIpc) is 2.77. The average molecular weight is 312 g/mol. The third-order valence-electron chi connectivity index (χ3n) is 2.52. The lowest BCUT2D eigenvalue weighted by molar-refractivity contribution is 0.643. The second-order valence-corrected chi connectivity index (χ2v) is 6.35. The van der Waals surface area contributed by atoms with E-state index in [9.17, 15) is 0 Å². The summed E-state index contributed by atoms with van der Waals surface area (Å²) >= 11 is 5.06. The van der Waals surface area contributed by atoms with Crippen LogP contribution in [-0.2, 0) is 6.42 Å². The molecule has 2 heterocycles. The summed E-state index contributed by atoms with van der Waals surface area (Å²) in [7, 11) is 0. The van der Waals surface area contributed by atoms with Crippen LogP contribution in [0.4, 0.5) is 0 Å². The van der Waals surface area contributed by atoms with Crippen LogP contribution in [0.1, 0.15) is 18.9 Å². The van der Waals surface area contributed by atoms with Crippen molar-refractivity contribution in [1.29, 1.82) is 0 Å². The van der Waals surface area contributed by atoms with Crippen LogP contribution in [0.2, 0.25) is 0 Å². The Bertz CT molecular complexity index is 481. The topological polar surface area (TPSA) is 51.8 Å². The van der Waals surface area contributed by atoms with Crippen molar-refractivity contribution < 1.29 is 0 Å². The first kappa shape index (κ1) is 12.7. The predicted molar refractivity (Wildman–Crippen MR) is 75.0 cm³/mol. The highest BCUT2D eigenvalue weighted by Gasteiger charge is 2.06. The highest BCUT2D eigenvalue weighted by Crippen LogP contribution is 2.28. The zero-order chi connectivity index (χ0) is 12.3. The van der Waals surface area contributed by atoms with Gasteiger partial charge in [-0.05, 0) is 46.5 Å². The highest BCUT2D eigenvalue weighted by molar-refractivity contribution is 9.11. The number of halogens is 1. The van der Waals surface area contributed by atoms with E-state index in [1.54, 1.807) is 11.3 Å². The molecule has 2 rings (SSSR count). The van der Waals surface area contributed by atoms with Crippen LogP contribution in [-0.4, -0.2) is 16.0 Å². The molecule has 2 N–H and O–H groups in total. The maximum atomic E-state index is 5.90. The Hall–Kier alpha value is -0.780. The van der Waals surface area contributed by atoms with E-state index in [1.807, 2.05) is 24.5 Å². The van der Waals surface area contributed by atoms with Crippen LogP contribution in [0.5, 0.6) is 0 Å². The second-order valence-electron chi connectivity index (χ2n) is 3.89. The largest absolute Gasteiger partial charge is 0.327 e. The van der Waals surface area contributed by atoms with Gasteiger partial charge in [0.2, 0.25) is 0 Å². The summed E-state index contributed by atoms with van der Waals surface area (Å²) in [5.41, 5.74) is 6.99. The van der Waals surface area contributed by atoms with Gasteiger partial charge in [0.15, 0.2) is 5.82 Å². The van der Waals surface area contributed by atoms with E-state index in [2.05, 4.69) is 32.8 Å². The Kier molecular flexibility index (Phi) is 4.25. The summed E-state index contributed by atoms with van der Waals surface area (Å²) in [5.74, 6) is 0.773. The maximum Gasteiger partial charge on any atom is 0.169 e. The van der Waals surface area contributed by atoms with Gasteiger partial charge < -0.3 is 5.73 Å². The van der Waals surface area contributed by atoms with Crippen molar-refractivity contribution in [2.24, 2.45) is 5.73 Å². The van der Waals surface area contributed by atoms with Crippen LogP contribution < -0.4 is 5.73 Å². The summed E-state index contributed by atoms with van der Waals surface area (Å²) in [6.45, 7) is 2.09. The molecule has 0 aliphatic heterocycles. The predicted octanol–water partition coefficient (Wildman–Crippen LogP) is 3.25. The molecular weight excluding hydrogens is 298 g/mol. The minimum absolute atomic E-state index is 0.195. The van der Waals surface area contributed by atoms with Gasteiger partial charge >= 0.3 is 0 Å². The van der Waals surface area contributed by atoms with Gasteiger partial charge in [-0.2, -0.15) is 0 Å². The molecule has 0 fully saturated rings. The second kappa shape index (κ2) is 5.71. The van der Waals surface area contributed by atoms with Crippen LogP contribution in [0.15, 0.2) is 28.3 Å². The number of hydrogen-bond donors (Lipinski definition) is 1. The van der Waals surface area contributed by atoms with Gasteiger partial charge in [0.1, 0.15) is 0 Å². The van der Waals surface area contributed by atoms with Gasteiger partial charge in [0, 0.05) is 18.4 Å². The summed E-state index contributed by atoms with van der Waals surface area (Å²) in [5, 5.41) is 0. The molecule has 2 aromatic rings. The third-order valence-corrected chi connectivity index (χ3v) is 4.14. The fourth-order valence-electron chi connectivity index (χ4n) is 1.47. The number of rotatable bonds is 4. The summed E-state index contributed by atoms with van der Waals surface area (Å²) in [6.07, 6.45) is 5.54. The van der Waals surface area contributed by atoms with Gasteiger partial charge in [-0.3, -0.25) is 0 Å². The molecule has 0 amide bonds. The quantitative estimate of drug-likeness (QED) is 0.943. The van der Waals surface area contributed by atoms with Gasteiger partial charge in [-0.1, -0.05) is 6.92 Å². The Morgan fingerprint density at radius 1 is 1.35 bits per heavy atom. The van der Waals surface area contributed by atoms with Gasteiger partial charge in [-0.15, -0.1) is 11.3 Å². The molecule has 0 spiro atoms. The molecule has 0 bridgehead atoms. The van der Waals surface area contributed by atoms with Crippen molar-refractivity contribution in [2.75, 3.05) is 0 Å². The monoisotopic (exact) mass is 311 g/mol. The number of thiophene rings is 1. The molecule has 0 saturated carbocycles. The molecule has 0 saturated heterocycles. The number of hydrogen-bond acceptors (Lipinski definition) is 4. The first-order chi connectivity index (χ1) is 8.19. The lowest BCUT2D eigenvalue weighted by Gasteiger charge is -2.07. The molecule has 0 aromatic carbocycles. The molecule has 1 unspecified atom stereocenters. The minimum Gasteiger partial charge on any atom is -0.327 e. The number of nitrogens with two attached hydrogens (primary N) is 1. The summed E-state index contributed by atoms with van der Waals surface area (Å²) < 4.78 is 1.09. The van der Waals surface area contributed by atoms with E-state index in [0.717, 1.165) is 32.9 Å². The van der Waals surface area contributed by atoms with Gasteiger partial charge in [0.05, 0.1) is 8.66 Å². The molecule has 90 valence electrons. The van der Waals surface area contributed by atoms with E-state index in [4.69, 9.17) is 5.73 Å². The van der Waals surface area contributed by atoms with Gasteiger partial charge in [0.25, 0.3) is 0 Å². The highest BCUT2D eigenvalue weighted by atomic mass is 79.9. The van der Waals surface area contributed by atoms with E-state index >= 15 is 0 Å². The van der Waals surface area contributed by atoms with Gasteiger partial charge in [-0.25, -0.2) is 9.97 Å². The number of aromatic nitrogens is 2. The molecule has 0 aliphatic rings. The van der Waals surface area contributed by atoms with E-state index in [1.165, 1.54) is 0 Å². The molecule has 0 radical (unpaired) electrons. The van der Waals surface area contributed by atoms with E-state index in [-0.39, 0.29) is 6.04 Å². The fourth-order valence-corrected chi connectivity index (χ4v) is 2.80. The normalized spacial score (nSPS) is 12.6. The molecule has 17 heavy (non-hydrogen) atoms. The maximum absolute atomic E-state index is 5.90. The first-order valence-corrected chi connectivity index (χ1v) is 7.12. The van der Waals surface area contributed by atoms with Crippen molar-refractivity contribution in [3.63, 3.8) is 0 Å². The van der Waals surface area contributed by atoms with Crippen molar-refractivity contribution in [3.8, 4) is 10.7 Å². The fraction of sp³-hybridized carbons (Fsp3) is 0.333. The van der Waals surface area contributed by atoms with E-state index in [0.29, 0.717) is 0 Å². The summed E-state index contributed by atoms with van der Waals surface area (Å²) in [6, 6.07) is 4.21. The van der Waals surface area contributed by atoms with Crippen LogP contribution >= 0.6 is 27.3 Å². The Labute approximate surface area is 113 Å². The molecule has 1 atom stereocenters. The van der Waals surface area contributed by atoms with E-state index < -0.39 is 0 Å². The molecule has 2 aromatic heterocycles. The lowest BCUT2D eigenvalue weighted by Crippen LogP contribution is -2.21. The standard InChI is InChI=1S/C12H14BrN3S/c1-2-9(14)5-8-6-15-12(16-7-8)10-3-4-11(13)17-10/h3-4,6-7,9H,2,5,14H2,1H3. The molecule has 3 nitrogen and oxygen atoms in total. The van der Waals surface area contributed by atoms with Crippen LogP contribution in [0.3, 0.4) is 0 Å². The smallest absolute Gasteiger partial charge is 0.169 e. The Balaban J connectivity index is 2.13. The zero-order valence-electron chi connectivity index (χ0n) is 9.56. The first-order valence-electron chi connectivity index (χ1n) is 5.51. The molecular formula is C12H14BrN3S. The van der Waals surface area contributed by atoms with Crippen LogP contribution in [0, 0.1) is 0 Å².